The molecule has 0 radical (unpaired) electrons. The predicted molar refractivity (Wildman–Crippen MR) is 119 cm³/mol. The van der Waals surface area contributed by atoms with Gasteiger partial charge in [-0.05, 0) is 38.1 Å². The fourth-order valence-electron chi connectivity index (χ4n) is 3.60. The Balaban J connectivity index is 1.64. The van der Waals surface area contributed by atoms with Crippen LogP contribution in [0.3, 0.4) is 0 Å². The lowest BCUT2D eigenvalue weighted by atomic mass is 9.85. The van der Waals surface area contributed by atoms with Crippen LogP contribution in [-0.4, -0.2) is 37.1 Å². The van der Waals surface area contributed by atoms with E-state index in [9.17, 15) is 18.7 Å². The second-order valence-corrected chi connectivity index (χ2v) is 9.23. The fraction of sp³-hybridized carbons (Fsp3) is 0.304. The number of fused-ring (bicyclic) bond motifs is 1. The number of benzene rings is 1. The summed E-state index contributed by atoms with van der Waals surface area (Å²) in [5.74, 6) is -1.35. The molecular weight excluding hydrogens is 450 g/mol. The van der Waals surface area contributed by atoms with Crippen LogP contribution in [0.25, 0.3) is 5.65 Å². The molecule has 3 heterocycles. The van der Waals surface area contributed by atoms with Crippen LogP contribution < -0.4 is 4.74 Å². The Bertz CT molecular complexity index is 1320. The lowest BCUT2D eigenvalue weighted by Crippen LogP contribution is -2.30. The molecule has 0 aliphatic heterocycles. The highest BCUT2D eigenvalue weighted by molar-refractivity contribution is 7.11. The molecule has 0 aliphatic rings. The summed E-state index contributed by atoms with van der Waals surface area (Å²) < 4.78 is 35.2. The van der Waals surface area contributed by atoms with Crippen LogP contribution in [0.2, 0.25) is 0 Å². The number of ketones is 1. The molecule has 1 N–H and O–H groups in total. The largest absolute Gasteiger partial charge is 0.485 e. The Morgan fingerprint density at radius 1 is 1.18 bits per heavy atom. The van der Waals surface area contributed by atoms with E-state index in [0.29, 0.717) is 22.0 Å². The molecule has 0 amide bonds. The fourth-order valence-corrected chi connectivity index (χ4v) is 4.43. The van der Waals surface area contributed by atoms with E-state index < -0.39 is 17.0 Å². The van der Waals surface area contributed by atoms with Crippen molar-refractivity contribution >= 4 is 22.8 Å². The number of aliphatic hydroxyl groups excluding tert-OH is 1. The van der Waals surface area contributed by atoms with Gasteiger partial charge in [-0.2, -0.15) is 0 Å². The summed E-state index contributed by atoms with van der Waals surface area (Å²) in [4.78, 5) is 17.8. The second kappa shape index (κ2) is 8.95. The van der Waals surface area contributed by atoms with E-state index in [-0.39, 0.29) is 36.7 Å². The number of Topliss-reactive ketones (excluding diaryl/α,β-unsaturated/α-hetero) is 1. The zero-order chi connectivity index (χ0) is 23.8. The topological polar surface area (TPSA) is 89.6 Å². The van der Waals surface area contributed by atoms with Gasteiger partial charge in [-0.15, -0.1) is 21.5 Å². The monoisotopic (exact) mass is 472 g/mol. The summed E-state index contributed by atoms with van der Waals surface area (Å²) in [7, 11) is 0. The average molecular weight is 473 g/mol. The van der Waals surface area contributed by atoms with E-state index >= 15 is 0 Å². The maximum Gasteiger partial charge on any atom is 0.182 e. The van der Waals surface area contributed by atoms with E-state index in [1.165, 1.54) is 17.4 Å². The lowest BCUT2D eigenvalue weighted by molar-refractivity contribution is 0.0912. The number of halogens is 2. The molecule has 0 spiro atoms. The smallest absolute Gasteiger partial charge is 0.182 e. The standard InChI is InChI=1S/C23H22F2N4O3S/c1-13-20(18(31)10-23(3,12-30)22-28-27-14(2)33-22)29-9-5-8-19(21(29)26-13)32-11-15-16(24)6-4-7-17(15)25/h4-9,30H,10-12H2,1-3H3. The van der Waals surface area contributed by atoms with Gasteiger partial charge in [0.25, 0.3) is 0 Å². The molecule has 0 saturated heterocycles. The van der Waals surface area contributed by atoms with Gasteiger partial charge in [-0.1, -0.05) is 13.0 Å². The molecule has 33 heavy (non-hydrogen) atoms. The minimum Gasteiger partial charge on any atom is -0.485 e. The molecule has 1 aromatic carbocycles. The van der Waals surface area contributed by atoms with Crippen molar-refractivity contribution in [1.82, 2.24) is 19.6 Å². The maximum absolute atomic E-state index is 14.0. The molecule has 1 unspecified atom stereocenters. The molecule has 172 valence electrons. The first-order valence-electron chi connectivity index (χ1n) is 10.2. The van der Waals surface area contributed by atoms with Gasteiger partial charge in [0.05, 0.1) is 23.3 Å². The van der Waals surface area contributed by atoms with Crippen LogP contribution in [0.5, 0.6) is 5.75 Å². The molecule has 10 heteroatoms. The van der Waals surface area contributed by atoms with Crippen LogP contribution in [-0.2, 0) is 12.0 Å². The normalized spacial score (nSPS) is 13.3. The molecule has 0 saturated carbocycles. The molecule has 0 aliphatic carbocycles. The van der Waals surface area contributed by atoms with E-state index in [1.807, 2.05) is 6.92 Å². The van der Waals surface area contributed by atoms with Crippen molar-refractivity contribution in [2.45, 2.75) is 39.2 Å². The third-order valence-corrected chi connectivity index (χ3v) is 6.57. The first kappa shape index (κ1) is 22.9. The van der Waals surface area contributed by atoms with Crippen LogP contribution in [0.1, 0.15) is 45.1 Å². The Kier molecular flexibility index (Phi) is 6.22. The molecule has 4 aromatic rings. The maximum atomic E-state index is 14.0. The van der Waals surface area contributed by atoms with Gasteiger partial charge >= 0.3 is 0 Å². The third kappa shape index (κ3) is 4.36. The van der Waals surface area contributed by atoms with Gasteiger partial charge in [0.1, 0.15) is 34.0 Å². The molecule has 7 nitrogen and oxygen atoms in total. The SMILES string of the molecule is Cc1nnc(C(C)(CO)CC(=O)c2c(C)nc3c(OCc4c(F)cccc4F)cccn23)s1. The number of hydrogen-bond donors (Lipinski definition) is 1. The number of imidazole rings is 1. The van der Waals surface area contributed by atoms with Gasteiger partial charge < -0.3 is 9.84 Å². The van der Waals surface area contributed by atoms with Crippen molar-refractivity contribution < 1.29 is 23.4 Å². The van der Waals surface area contributed by atoms with E-state index in [4.69, 9.17) is 4.74 Å². The van der Waals surface area contributed by atoms with Crippen LogP contribution >= 0.6 is 11.3 Å². The van der Waals surface area contributed by atoms with Crippen molar-refractivity contribution in [2.75, 3.05) is 6.61 Å². The summed E-state index contributed by atoms with van der Waals surface area (Å²) in [6.45, 7) is 4.68. The van der Waals surface area contributed by atoms with Crippen molar-refractivity contribution in [3.63, 3.8) is 0 Å². The molecule has 1 atom stereocenters. The first-order chi connectivity index (χ1) is 15.7. The highest BCUT2D eigenvalue weighted by Gasteiger charge is 2.34. The zero-order valence-electron chi connectivity index (χ0n) is 18.3. The summed E-state index contributed by atoms with van der Waals surface area (Å²) in [5.41, 5.74) is 0.0868. The van der Waals surface area contributed by atoms with Crippen molar-refractivity contribution in [3.05, 3.63) is 75.1 Å². The average Bonchev–Trinajstić information content (AvgIpc) is 3.36. The van der Waals surface area contributed by atoms with Gasteiger partial charge in [-0.3, -0.25) is 9.20 Å². The summed E-state index contributed by atoms with van der Waals surface area (Å²) >= 11 is 1.34. The van der Waals surface area contributed by atoms with Crippen LogP contribution in [0.4, 0.5) is 8.78 Å². The highest BCUT2D eigenvalue weighted by Crippen LogP contribution is 2.32. The molecule has 3 aromatic heterocycles. The van der Waals surface area contributed by atoms with E-state index in [1.54, 1.807) is 36.6 Å². The number of pyridine rings is 1. The Hall–Kier alpha value is -3.24. The Labute approximate surface area is 192 Å². The van der Waals surface area contributed by atoms with Crippen molar-refractivity contribution in [1.29, 1.82) is 0 Å². The second-order valence-electron chi connectivity index (χ2n) is 8.05. The Morgan fingerprint density at radius 2 is 1.91 bits per heavy atom. The number of aryl methyl sites for hydroxylation is 2. The van der Waals surface area contributed by atoms with Crippen molar-refractivity contribution in [2.24, 2.45) is 0 Å². The number of rotatable bonds is 8. The molecule has 0 fully saturated rings. The van der Waals surface area contributed by atoms with Gasteiger partial charge in [0.15, 0.2) is 17.2 Å². The predicted octanol–water partition coefficient (Wildman–Crippen LogP) is 4.18. The molecule has 0 bridgehead atoms. The third-order valence-electron chi connectivity index (χ3n) is 5.43. The first-order valence-corrected chi connectivity index (χ1v) is 11.0. The number of carbonyl (C=O) groups is 1. The summed E-state index contributed by atoms with van der Waals surface area (Å²) in [6, 6.07) is 6.90. The van der Waals surface area contributed by atoms with Gasteiger partial charge in [0.2, 0.25) is 0 Å². The summed E-state index contributed by atoms with van der Waals surface area (Å²) in [5, 5.41) is 19.5. The number of aromatic nitrogens is 4. The lowest BCUT2D eigenvalue weighted by Gasteiger charge is -2.23. The minimum atomic E-state index is -0.893. The quantitative estimate of drug-likeness (QED) is 0.387. The van der Waals surface area contributed by atoms with Crippen LogP contribution in [0.15, 0.2) is 36.5 Å². The number of ether oxygens (including phenoxy) is 1. The molecule has 4 rings (SSSR count). The van der Waals surface area contributed by atoms with Gasteiger partial charge in [0, 0.05) is 12.6 Å². The highest BCUT2D eigenvalue weighted by atomic mass is 32.1. The van der Waals surface area contributed by atoms with Crippen LogP contribution in [0, 0.1) is 25.5 Å². The van der Waals surface area contributed by atoms with Gasteiger partial charge in [-0.25, -0.2) is 13.8 Å². The number of nitrogens with zero attached hydrogens (tertiary/aromatic N) is 4. The Morgan fingerprint density at radius 3 is 2.55 bits per heavy atom. The minimum absolute atomic E-state index is 0.00170. The zero-order valence-corrected chi connectivity index (χ0v) is 19.1. The summed E-state index contributed by atoms with van der Waals surface area (Å²) in [6.07, 6.45) is 1.67. The number of hydrogen-bond acceptors (Lipinski definition) is 7. The van der Waals surface area contributed by atoms with E-state index in [2.05, 4.69) is 15.2 Å². The van der Waals surface area contributed by atoms with Crippen molar-refractivity contribution in [3.8, 4) is 5.75 Å². The number of aliphatic hydroxyl groups is 1. The molecular formula is C23H22F2N4O3S. The number of carbonyl (C=O) groups excluding carboxylic acids is 1. The van der Waals surface area contributed by atoms with E-state index in [0.717, 1.165) is 17.1 Å².